The minimum atomic E-state index is -0.422. The van der Waals surface area contributed by atoms with Gasteiger partial charge in [-0.15, -0.1) is 0 Å². The van der Waals surface area contributed by atoms with E-state index in [4.69, 9.17) is 4.98 Å². The Hall–Kier alpha value is -2.16. The first-order valence-electron chi connectivity index (χ1n) is 9.77. The van der Waals surface area contributed by atoms with Crippen LogP contribution in [-0.4, -0.2) is 48.8 Å². The van der Waals surface area contributed by atoms with Crippen LogP contribution in [0.3, 0.4) is 0 Å². The smallest absolute Gasteiger partial charge is 0.332 e. The first kappa shape index (κ1) is 20.6. The molecule has 1 aliphatic carbocycles. The van der Waals surface area contributed by atoms with Crippen molar-refractivity contribution in [3.05, 3.63) is 26.7 Å². The summed E-state index contributed by atoms with van der Waals surface area (Å²) in [7, 11) is 3.07. The maximum atomic E-state index is 12.8. The molecule has 1 amide bonds. The first-order valence-corrected chi connectivity index (χ1v) is 10.8. The van der Waals surface area contributed by atoms with E-state index < -0.39 is 11.2 Å². The third kappa shape index (κ3) is 3.72. The van der Waals surface area contributed by atoms with Crippen molar-refractivity contribution in [1.82, 2.24) is 24.0 Å². The Morgan fingerprint density at radius 1 is 1.11 bits per heavy atom. The number of hydrogen-bond acceptors (Lipinski definition) is 6. The van der Waals surface area contributed by atoms with Crippen molar-refractivity contribution in [1.29, 1.82) is 0 Å². The van der Waals surface area contributed by atoms with E-state index in [1.165, 1.54) is 23.4 Å². The fourth-order valence-corrected chi connectivity index (χ4v) is 4.64. The molecule has 0 bridgehead atoms. The third-order valence-electron chi connectivity index (χ3n) is 5.45. The Morgan fingerprint density at radius 3 is 2.36 bits per heavy atom. The molecule has 152 valence electrons. The molecule has 0 unspecified atom stereocenters. The highest BCUT2D eigenvalue weighted by atomic mass is 32.2. The number of aromatic nitrogens is 4. The lowest BCUT2D eigenvalue weighted by Gasteiger charge is -2.19. The Labute approximate surface area is 168 Å². The fraction of sp³-hybridized carbons (Fsp3) is 0.632. The van der Waals surface area contributed by atoms with Crippen molar-refractivity contribution in [3.8, 4) is 0 Å². The topological polar surface area (TPSA) is 90.1 Å². The van der Waals surface area contributed by atoms with E-state index in [-0.39, 0.29) is 17.6 Å². The summed E-state index contributed by atoms with van der Waals surface area (Å²) in [6.07, 6.45) is 4.27. The molecule has 8 nitrogen and oxygen atoms in total. The number of nitrogens with zero attached hydrogens (tertiary/aromatic N) is 5. The van der Waals surface area contributed by atoms with E-state index >= 15 is 0 Å². The number of fused-ring (bicyclic) bond motifs is 1. The van der Waals surface area contributed by atoms with Gasteiger partial charge in [0, 0.05) is 33.1 Å². The van der Waals surface area contributed by atoms with E-state index in [0.717, 1.165) is 30.3 Å². The Bertz CT molecular complexity index is 1000. The maximum Gasteiger partial charge on any atom is 0.332 e. The predicted molar refractivity (Wildman–Crippen MR) is 110 cm³/mol. The van der Waals surface area contributed by atoms with Gasteiger partial charge < -0.3 is 4.90 Å². The molecule has 0 radical (unpaired) electrons. The van der Waals surface area contributed by atoms with Crippen LogP contribution in [0.4, 0.5) is 0 Å². The quantitative estimate of drug-likeness (QED) is 0.536. The van der Waals surface area contributed by atoms with Crippen LogP contribution >= 0.6 is 11.8 Å². The van der Waals surface area contributed by atoms with Gasteiger partial charge in [-0.05, 0) is 26.7 Å². The fourth-order valence-electron chi connectivity index (χ4n) is 3.71. The molecule has 9 heteroatoms. The van der Waals surface area contributed by atoms with Gasteiger partial charge in [0.1, 0.15) is 16.2 Å². The number of aryl methyl sites for hydroxylation is 1. The zero-order valence-corrected chi connectivity index (χ0v) is 17.7. The molecule has 3 rings (SSSR count). The predicted octanol–water partition coefficient (Wildman–Crippen LogP) is 1.65. The van der Waals surface area contributed by atoms with Gasteiger partial charge in [0.15, 0.2) is 5.65 Å². The van der Waals surface area contributed by atoms with Crippen LogP contribution in [0.25, 0.3) is 11.0 Å². The van der Waals surface area contributed by atoms with Crippen molar-refractivity contribution in [2.75, 3.05) is 18.8 Å². The molecule has 2 aromatic rings. The normalized spacial score (nSPS) is 14.7. The van der Waals surface area contributed by atoms with Crippen LogP contribution in [0.1, 0.15) is 51.3 Å². The summed E-state index contributed by atoms with van der Waals surface area (Å²) in [6, 6.07) is 0. The van der Waals surface area contributed by atoms with Gasteiger partial charge in [0.25, 0.3) is 5.56 Å². The van der Waals surface area contributed by atoms with Gasteiger partial charge >= 0.3 is 5.69 Å². The summed E-state index contributed by atoms with van der Waals surface area (Å²) in [5, 5.41) is 0.798. The third-order valence-corrected chi connectivity index (χ3v) is 6.41. The van der Waals surface area contributed by atoms with Crippen molar-refractivity contribution in [3.63, 3.8) is 0 Å². The highest BCUT2D eigenvalue weighted by molar-refractivity contribution is 8.00. The summed E-state index contributed by atoms with van der Waals surface area (Å²) in [6.45, 7) is 5.17. The van der Waals surface area contributed by atoms with Crippen LogP contribution in [0.2, 0.25) is 0 Å². The van der Waals surface area contributed by atoms with E-state index in [1.807, 2.05) is 13.8 Å². The molecule has 0 saturated heterocycles. The number of rotatable bonds is 6. The molecule has 0 atom stereocenters. The second kappa shape index (κ2) is 8.46. The van der Waals surface area contributed by atoms with E-state index in [0.29, 0.717) is 35.0 Å². The van der Waals surface area contributed by atoms with Crippen molar-refractivity contribution in [2.45, 2.75) is 50.5 Å². The van der Waals surface area contributed by atoms with E-state index in [2.05, 4.69) is 4.98 Å². The molecule has 28 heavy (non-hydrogen) atoms. The van der Waals surface area contributed by atoms with Gasteiger partial charge in [0.05, 0.1) is 5.75 Å². The number of hydrogen-bond donors (Lipinski definition) is 0. The monoisotopic (exact) mass is 405 g/mol. The van der Waals surface area contributed by atoms with Crippen molar-refractivity contribution < 1.29 is 4.79 Å². The lowest BCUT2D eigenvalue weighted by molar-refractivity contribution is -0.127. The highest BCUT2D eigenvalue weighted by Gasteiger charge is 2.24. The van der Waals surface area contributed by atoms with Gasteiger partial charge in [-0.3, -0.25) is 18.7 Å². The minimum Gasteiger partial charge on any atom is -0.343 e. The number of carbonyl (C=O) groups excluding carboxylic acids is 1. The Balaban J connectivity index is 2.11. The zero-order chi connectivity index (χ0) is 20.4. The molecular weight excluding hydrogens is 378 g/mol. The number of thioether (sulfide) groups is 1. The molecule has 2 aromatic heterocycles. The van der Waals surface area contributed by atoms with Crippen LogP contribution < -0.4 is 11.2 Å². The molecule has 1 fully saturated rings. The lowest BCUT2D eigenvalue weighted by atomic mass is 10.1. The molecule has 0 N–H and O–H groups in total. The highest BCUT2D eigenvalue weighted by Crippen LogP contribution is 2.34. The van der Waals surface area contributed by atoms with Gasteiger partial charge in [-0.25, -0.2) is 14.8 Å². The second-order valence-corrected chi connectivity index (χ2v) is 8.09. The van der Waals surface area contributed by atoms with E-state index in [1.54, 1.807) is 11.9 Å². The zero-order valence-electron chi connectivity index (χ0n) is 16.9. The standard InChI is InChI=1S/C19H27N5O3S/c1-5-24(6-2)13(25)11-28-17-14-16(22(3)19(27)23(4)18(14)26)20-15(21-17)12-9-7-8-10-12/h12H,5-11H2,1-4H3. The number of carbonyl (C=O) groups is 1. The first-order chi connectivity index (χ1) is 13.4. The molecule has 2 heterocycles. The molecule has 0 aromatic carbocycles. The van der Waals surface area contributed by atoms with Crippen molar-refractivity contribution in [2.24, 2.45) is 14.1 Å². The van der Waals surface area contributed by atoms with Gasteiger partial charge in [0.2, 0.25) is 5.91 Å². The summed E-state index contributed by atoms with van der Waals surface area (Å²) in [5.74, 6) is 1.11. The summed E-state index contributed by atoms with van der Waals surface area (Å²) in [5.41, 5.74) is -0.486. The Kier molecular flexibility index (Phi) is 6.22. The van der Waals surface area contributed by atoms with Crippen molar-refractivity contribution >= 4 is 28.7 Å². The molecule has 0 spiro atoms. The molecule has 0 aliphatic heterocycles. The SMILES string of the molecule is CCN(CC)C(=O)CSc1nc(C2CCCC2)nc2c1c(=O)n(C)c(=O)n2C. The minimum absolute atomic E-state index is 0.00539. The van der Waals surface area contributed by atoms with Gasteiger partial charge in [-0.2, -0.15) is 0 Å². The second-order valence-electron chi connectivity index (χ2n) is 7.13. The summed E-state index contributed by atoms with van der Waals surface area (Å²) in [4.78, 5) is 48.7. The number of amides is 1. The van der Waals surface area contributed by atoms with Crippen LogP contribution in [0, 0.1) is 0 Å². The molecule has 1 aliphatic rings. The molecular formula is C19H27N5O3S. The van der Waals surface area contributed by atoms with Crippen LogP contribution in [-0.2, 0) is 18.9 Å². The largest absolute Gasteiger partial charge is 0.343 e. The van der Waals surface area contributed by atoms with E-state index in [9.17, 15) is 14.4 Å². The summed E-state index contributed by atoms with van der Waals surface area (Å²) >= 11 is 1.26. The average Bonchev–Trinajstić information content (AvgIpc) is 3.24. The lowest BCUT2D eigenvalue weighted by Crippen LogP contribution is -2.38. The Morgan fingerprint density at radius 2 is 1.75 bits per heavy atom. The maximum absolute atomic E-state index is 12.8. The van der Waals surface area contributed by atoms with Crippen LogP contribution in [0.15, 0.2) is 14.6 Å². The average molecular weight is 406 g/mol. The van der Waals surface area contributed by atoms with Crippen LogP contribution in [0.5, 0.6) is 0 Å². The summed E-state index contributed by atoms with van der Waals surface area (Å²) < 4.78 is 2.46. The van der Waals surface area contributed by atoms with Gasteiger partial charge in [-0.1, -0.05) is 24.6 Å². The molecule has 1 saturated carbocycles.